The first-order valence-corrected chi connectivity index (χ1v) is 7.34. The second-order valence-corrected chi connectivity index (χ2v) is 5.05. The second kappa shape index (κ2) is 7.50. The monoisotopic (exact) mass is 299 g/mol. The van der Waals surface area contributed by atoms with Crippen LogP contribution in [-0.4, -0.2) is 13.0 Å². The molecule has 0 saturated carbocycles. The molecule has 4 heteroatoms. The highest BCUT2D eigenvalue weighted by Crippen LogP contribution is 2.33. The van der Waals surface area contributed by atoms with Gasteiger partial charge in [-0.3, -0.25) is 4.79 Å². The number of nitrogens with one attached hydrogen (secondary N) is 1. The Labute approximate surface area is 131 Å². The summed E-state index contributed by atoms with van der Waals surface area (Å²) in [6.45, 7) is 3.62. The van der Waals surface area contributed by atoms with Crippen LogP contribution in [0.5, 0.6) is 17.2 Å². The van der Waals surface area contributed by atoms with Crippen molar-refractivity contribution in [2.24, 2.45) is 0 Å². The molecule has 0 aromatic heterocycles. The van der Waals surface area contributed by atoms with Crippen LogP contribution in [0.2, 0.25) is 0 Å². The third-order valence-corrected chi connectivity index (χ3v) is 3.15. The van der Waals surface area contributed by atoms with Crippen molar-refractivity contribution in [3.8, 4) is 17.2 Å². The lowest BCUT2D eigenvalue weighted by Crippen LogP contribution is -2.05. The quantitative estimate of drug-likeness (QED) is 0.860. The molecule has 0 aliphatic carbocycles. The minimum atomic E-state index is -0.112. The van der Waals surface area contributed by atoms with Gasteiger partial charge in [0.05, 0.1) is 7.11 Å². The van der Waals surface area contributed by atoms with Crippen LogP contribution in [0.1, 0.15) is 25.8 Å². The molecule has 0 aliphatic rings. The van der Waals surface area contributed by atoms with Crippen molar-refractivity contribution in [3.05, 3.63) is 48.0 Å². The van der Waals surface area contributed by atoms with Crippen LogP contribution in [0, 0.1) is 0 Å². The second-order valence-electron chi connectivity index (χ2n) is 5.05. The molecule has 2 aromatic carbocycles. The van der Waals surface area contributed by atoms with Crippen LogP contribution in [0.25, 0.3) is 0 Å². The number of carbonyl (C=O) groups is 1. The largest absolute Gasteiger partial charge is 0.493 e. The van der Waals surface area contributed by atoms with E-state index in [-0.39, 0.29) is 5.91 Å². The predicted octanol–water partition coefficient (Wildman–Crippen LogP) is 4.40. The summed E-state index contributed by atoms with van der Waals surface area (Å²) in [5, 5.41) is 2.74. The summed E-state index contributed by atoms with van der Waals surface area (Å²) in [6, 6.07) is 13.2. The summed E-state index contributed by atoms with van der Waals surface area (Å²) in [6.07, 6.45) is 2.09. The zero-order chi connectivity index (χ0) is 15.9. The van der Waals surface area contributed by atoms with Crippen LogP contribution >= 0.6 is 0 Å². The van der Waals surface area contributed by atoms with Crippen LogP contribution in [-0.2, 0) is 11.2 Å². The van der Waals surface area contributed by atoms with Gasteiger partial charge in [0, 0.05) is 18.7 Å². The van der Waals surface area contributed by atoms with E-state index in [0.29, 0.717) is 22.9 Å². The third-order valence-electron chi connectivity index (χ3n) is 3.15. The fraction of sp³-hybridized carbons (Fsp3) is 0.278. The van der Waals surface area contributed by atoms with Crippen LogP contribution in [0.15, 0.2) is 42.5 Å². The number of rotatable bonds is 6. The van der Waals surface area contributed by atoms with Crippen molar-refractivity contribution in [1.29, 1.82) is 0 Å². The molecule has 116 valence electrons. The number of carbonyl (C=O) groups excluding carboxylic acids is 1. The lowest BCUT2D eigenvalue weighted by Gasteiger charge is -2.12. The van der Waals surface area contributed by atoms with Gasteiger partial charge in [0.15, 0.2) is 11.5 Å². The zero-order valence-electron chi connectivity index (χ0n) is 13.2. The summed E-state index contributed by atoms with van der Waals surface area (Å²) in [4.78, 5) is 11.1. The molecule has 1 amide bonds. The molecule has 2 rings (SSSR count). The Kier molecular flexibility index (Phi) is 5.42. The van der Waals surface area contributed by atoms with Gasteiger partial charge in [0.2, 0.25) is 5.91 Å². The van der Waals surface area contributed by atoms with Gasteiger partial charge in [0.25, 0.3) is 0 Å². The first kappa shape index (κ1) is 15.9. The Balaban J connectivity index is 2.21. The van der Waals surface area contributed by atoms with E-state index in [1.807, 2.05) is 36.4 Å². The van der Waals surface area contributed by atoms with Gasteiger partial charge in [-0.2, -0.15) is 0 Å². The van der Waals surface area contributed by atoms with Crippen molar-refractivity contribution >= 4 is 11.6 Å². The highest BCUT2D eigenvalue weighted by molar-refractivity contribution is 5.88. The number of hydrogen-bond donors (Lipinski definition) is 1. The number of aryl methyl sites for hydroxylation is 1. The molecule has 0 spiro atoms. The number of benzene rings is 2. The highest BCUT2D eigenvalue weighted by atomic mass is 16.5. The fourth-order valence-electron chi connectivity index (χ4n) is 2.21. The van der Waals surface area contributed by atoms with Crippen molar-refractivity contribution in [2.45, 2.75) is 26.7 Å². The van der Waals surface area contributed by atoms with Gasteiger partial charge >= 0.3 is 0 Å². The molecular formula is C18H21NO3. The smallest absolute Gasteiger partial charge is 0.221 e. The SMILES string of the molecule is CCCc1ccc(Oc2cccc(NC(C)=O)c2)c(OC)c1. The number of methoxy groups -OCH3 is 1. The number of anilines is 1. The van der Waals surface area contributed by atoms with Crippen LogP contribution in [0.3, 0.4) is 0 Å². The Morgan fingerprint density at radius 1 is 1.14 bits per heavy atom. The minimum absolute atomic E-state index is 0.112. The first-order chi connectivity index (χ1) is 10.6. The minimum Gasteiger partial charge on any atom is -0.493 e. The number of amides is 1. The van der Waals surface area contributed by atoms with Gasteiger partial charge in [0.1, 0.15) is 5.75 Å². The highest BCUT2D eigenvalue weighted by Gasteiger charge is 2.07. The van der Waals surface area contributed by atoms with Gasteiger partial charge < -0.3 is 14.8 Å². The van der Waals surface area contributed by atoms with Crippen LogP contribution in [0.4, 0.5) is 5.69 Å². The third kappa shape index (κ3) is 4.25. The number of ether oxygens (including phenoxy) is 2. The first-order valence-electron chi connectivity index (χ1n) is 7.34. The standard InChI is InChI=1S/C18H21NO3/c1-4-6-14-9-10-17(18(11-14)21-3)22-16-8-5-7-15(12-16)19-13(2)20/h5,7-12H,4,6H2,1-3H3,(H,19,20). The molecule has 1 N–H and O–H groups in total. The Morgan fingerprint density at radius 3 is 2.64 bits per heavy atom. The molecule has 0 heterocycles. The summed E-state index contributed by atoms with van der Waals surface area (Å²) >= 11 is 0. The van der Waals surface area contributed by atoms with Crippen molar-refractivity contribution < 1.29 is 14.3 Å². The molecule has 0 radical (unpaired) electrons. The molecule has 0 atom stereocenters. The fourth-order valence-corrected chi connectivity index (χ4v) is 2.21. The lowest BCUT2D eigenvalue weighted by molar-refractivity contribution is -0.114. The van der Waals surface area contributed by atoms with E-state index < -0.39 is 0 Å². The molecule has 2 aromatic rings. The van der Waals surface area contributed by atoms with Gasteiger partial charge in [-0.15, -0.1) is 0 Å². The maximum absolute atomic E-state index is 11.1. The predicted molar refractivity (Wildman–Crippen MR) is 87.8 cm³/mol. The van der Waals surface area contributed by atoms with Crippen molar-refractivity contribution in [1.82, 2.24) is 0 Å². The van der Waals surface area contributed by atoms with E-state index in [2.05, 4.69) is 12.2 Å². The average Bonchev–Trinajstić information content (AvgIpc) is 2.49. The lowest BCUT2D eigenvalue weighted by atomic mass is 10.1. The molecule has 0 aliphatic heterocycles. The maximum atomic E-state index is 11.1. The Bertz CT molecular complexity index is 653. The molecular weight excluding hydrogens is 278 g/mol. The summed E-state index contributed by atoms with van der Waals surface area (Å²) in [5.74, 6) is 1.89. The molecule has 0 fully saturated rings. The van der Waals surface area contributed by atoms with Gasteiger partial charge in [-0.1, -0.05) is 25.5 Å². The summed E-state index contributed by atoms with van der Waals surface area (Å²) in [7, 11) is 1.63. The van der Waals surface area contributed by atoms with Crippen molar-refractivity contribution in [2.75, 3.05) is 12.4 Å². The summed E-state index contributed by atoms with van der Waals surface area (Å²) in [5.41, 5.74) is 1.92. The van der Waals surface area contributed by atoms with Crippen LogP contribution < -0.4 is 14.8 Å². The maximum Gasteiger partial charge on any atom is 0.221 e. The Hall–Kier alpha value is -2.49. The van der Waals surface area contributed by atoms with E-state index >= 15 is 0 Å². The molecule has 0 unspecified atom stereocenters. The van der Waals surface area contributed by atoms with E-state index in [1.165, 1.54) is 12.5 Å². The molecule has 0 saturated heterocycles. The van der Waals surface area contributed by atoms with Crippen molar-refractivity contribution in [3.63, 3.8) is 0 Å². The molecule has 0 bridgehead atoms. The van der Waals surface area contributed by atoms with E-state index in [1.54, 1.807) is 13.2 Å². The van der Waals surface area contributed by atoms with E-state index in [9.17, 15) is 4.79 Å². The normalized spacial score (nSPS) is 10.1. The Morgan fingerprint density at radius 2 is 1.95 bits per heavy atom. The molecule has 4 nitrogen and oxygen atoms in total. The topological polar surface area (TPSA) is 47.6 Å². The van der Waals surface area contributed by atoms with E-state index in [0.717, 1.165) is 12.8 Å². The zero-order valence-corrected chi connectivity index (χ0v) is 13.2. The van der Waals surface area contributed by atoms with Gasteiger partial charge in [-0.25, -0.2) is 0 Å². The van der Waals surface area contributed by atoms with E-state index in [4.69, 9.17) is 9.47 Å². The van der Waals surface area contributed by atoms with Gasteiger partial charge in [-0.05, 0) is 36.2 Å². The summed E-state index contributed by atoms with van der Waals surface area (Å²) < 4.78 is 11.3. The average molecular weight is 299 g/mol. The number of hydrogen-bond acceptors (Lipinski definition) is 3. The molecule has 22 heavy (non-hydrogen) atoms.